The van der Waals surface area contributed by atoms with Crippen LogP contribution in [0.3, 0.4) is 0 Å². The second-order valence-electron chi connectivity index (χ2n) is 8.39. The smallest absolute Gasteiger partial charge is 0.204 e. The Morgan fingerprint density at radius 1 is 0.941 bits per heavy atom. The first kappa shape index (κ1) is 23.6. The van der Waals surface area contributed by atoms with Crippen LogP contribution in [0, 0.1) is 13.8 Å². The highest BCUT2D eigenvalue weighted by molar-refractivity contribution is 6.54. The van der Waals surface area contributed by atoms with Gasteiger partial charge in [0.2, 0.25) is 5.82 Å². The SMILES string of the molecule is CCCOc1ccccc1C1=Nn2nc(C)nc2/C1=N\c1ccc(N(CCC)CCC)nc1C. The maximum atomic E-state index is 6.00. The predicted molar refractivity (Wildman–Crippen MR) is 137 cm³/mol. The summed E-state index contributed by atoms with van der Waals surface area (Å²) in [5.74, 6) is 3.04. The summed E-state index contributed by atoms with van der Waals surface area (Å²) in [6.07, 6.45) is 3.09. The van der Waals surface area contributed by atoms with Crippen molar-refractivity contribution >= 4 is 22.9 Å². The molecule has 3 aromatic rings. The lowest BCUT2D eigenvalue weighted by Crippen LogP contribution is -2.25. The number of anilines is 1. The van der Waals surface area contributed by atoms with Gasteiger partial charge in [0.25, 0.3) is 0 Å². The van der Waals surface area contributed by atoms with Crippen LogP contribution >= 0.6 is 0 Å². The first-order chi connectivity index (χ1) is 16.5. The lowest BCUT2D eigenvalue weighted by Gasteiger charge is -2.23. The van der Waals surface area contributed by atoms with Gasteiger partial charge < -0.3 is 9.64 Å². The van der Waals surface area contributed by atoms with Gasteiger partial charge >= 0.3 is 0 Å². The average Bonchev–Trinajstić information content (AvgIpc) is 3.35. The lowest BCUT2D eigenvalue weighted by molar-refractivity contribution is 0.317. The fourth-order valence-corrected chi connectivity index (χ4v) is 3.99. The number of nitrogens with zero attached hydrogens (tertiary/aromatic N) is 7. The molecule has 1 aliphatic heterocycles. The van der Waals surface area contributed by atoms with Crippen molar-refractivity contribution in [3.05, 3.63) is 59.3 Å². The van der Waals surface area contributed by atoms with E-state index in [1.165, 1.54) is 0 Å². The van der Waals surface area contributed by atoms with Crippen LogP contribution < -0.4 is 9.64 Å². The van der Waals surface area contributed by atoms with Crippen molar-refractivity contribution < 1.29 is 4.74 Å². The van der Waals surface area contributed by atoms with Gasteiger partial charge in [-0.3, -0.25) is 0 Å². The van der Waals surface area contributed by atoms with Crippen molar-refractivity contribution in [2.75, 3.05) is 24.6 Å². The average molecular weight is 460 g/mol. The van der Waals surface area contributed by atoms with E-state index in [1.54, 1.807) is 4.79 Å². The lowest BCUT2D eigenvalue weighted by atomic mass is 10.0. The molecule has 0 spiro atoms. The van der Waals surface area contributed by atoms with Gasteiger partial charge in [-0.1, -0.05) is 32.9 Å². The Morgan fingerprint density at radius 3 is 2.41 bits per heavy atom. The number of ether oxygens (including phenoxy) is 1. The van der Waals surface area contributed by atoms with E-state index in [-0.39, 0.29) is 0 Å². The highest BCUT2D eigenvalue weighted by Crippen LogP contribution is 2.28. The molecule has 0 saturated heterocycles. The van der Waals surface area contributed by atoms with Gasteiger partial charge in [0.05, 0.1) is 18.0 Å². The maximum absolute atomic E-state index is 6.00. The number of para-hydroxylation sites is 1. The molecule has 0 unspecified atom stereocenters. The fraction of sp³-hybridized carbons (Fsp3) is 0.423. The first-order valence-corrected chi connectivity index (χ1v) is 12.1. The number of pyridine rings is 1. The minimum absolute atomic E-state index is 0.625. The minimum atomic E-state index is 0.625. The molecular formula is C26H33N7O. The van der Waals surface area contributed by atoms with Crippen molar-refractivity contribution in [3.8, 4) is 5.75 Å². The largest absolute Gasteiger partial charge is 0.493 e. The van der Waals surface area contributed by atoms with Gasteiger partial charge in [-0.2, -0.15) is 0 Å². The predicted octanol–water partition coefficient (Wildman–Crippen LogP) is 5.09. The van der Waals surface area contributed by atoms with Crippen molar-refractivity contribution in [3.63, 3.8) is 0 Å². The van der Waals surface area contributed by atoms with E-state index < -0.39 is 0 Å². The Labute approximate surface area is 201 Å². The van der Waals surface area contributed by atoms with E-state index in [4.69, 9.17) is 19.8 Å². The molecule has 8 heteroatoms. The molecule has 8 nitrogen and oxygen atoms in total. The molecule has 0 atom stereocenters. The molecule has 1 aliphatic rings. The van der Waals surface area contributed by atoms with Crippen molar-refractivity contribution in [1.82, 2.24) is 19.9 Å². The zero-order valence-electron chi connectivity index (χ0n) is 20.7. The molecule has 0 aliphatic carbocycles. The minimum Gasteiger partial charge on any atom is -0.493 e. The summed E-state index contributed by atoms with van der Waals surface area (Å²) >= 11 is 0. The molecule has 0 N–H and O–H groups in total. The number of benzene rings is 1. The van der Waals surface area contributed by atoms with Crippen LogP contribution in [0.1, 0.15) is 62.9 Å². The fourth-order valence-electron chi connectivity index (χ4n) is 3.99. The monoisotopic (exact) mass is 459 g/mol. The van der Waals surface area contributed by atoms with Crippen LogP contribution in [0.25, 0.3) is 0 Å². The summed E-state index contributed by atoms with van der Waals surface area (Å²) in [5.41, 5.74) is 3.90. The molecule has 4 rings (SSSR count). The van der Waals surface area contributed by atoms with Crippen LogP contribution in [0.4, 0.5) is 11.5 Å². The standard InChI is InChI=1S/C26H33N7O/c1-6-15-32(16-7-2)23-14-13-21(18(4)27-23)29-25-24(31-33-26(25)28-19(5)30-33)20-11-9-10-12-22(20)34-17-8-3/h9-14H,6-8,15-17H2,1-5H3/b29-25-. The van der Waals surface area contributed by atoms with Crippen LogP contribution in [0.2, 0.25) is 0 Å². The summed E-state index contributed by atoms with van der Waals surface area (Å²) in [7, 11) is 0. The molecular weight excluding hydrogens is 426 g/mol. The number of hydrogen-bond donors (Lipinski definition) is 0. The molecule has 178 valence electrons. The van der Waals surface area contributed by atoms with Gasteiger partial charge in [-0.05, 0) is 57.4 Å². The third-order valence-electron chi connectivity index (χ3n) is 5.52. The van der Waals surface area contributed by atoms with Crippen molar-refractivity contribution in [1.29, 1.82) is 0 Å². The summed E-state index contributed by atoms with van der Waals surface area (Å²) in [6, 6.07) is 12.0. The van der Waals surface area contributed by atoms with E-state index in [0.29, 0.717) is 29.7 Å². The van der Waals surface area contributed by atoms with Gasteiger partial charge in [-0.15, -0.1) is 15.0 Å². The van der Waals surface area contributed by atoms with E-state index in [1.807, 2.05) is 44.2 Å². The van der Waals surface area contributed by atoms with Crippen LogP contribution in [0.15, 0.2) is 46.5 Å². The molecule has 0 fully saturated rings. The molecule has 1 aromatic carbocycles. The summed E-state index contributed by atoms with van der Waals surface area (Å²) in [5, 5.41) is 9.16. The van der Waals surface area contributed by atoms with Crippen LogP contribution in [-0.4, -0.2) is 51.0 Å². The van der Waals surface area contributed by atoms with Gasteiger partial charge in [0.15, 0.2) is 5.82 Å². The number of aryl methyl sites for hydroxylation is 2. The van der Waals surface area contributed by atoms with Crippen LogP contribution in [0.5, 0.6) is 5.75 Å². The Balaban J connectivity index is 1.76. The first-order valence-electron chi connectivity index (χ1n) is 12.1. The molecule has 2 aromatic heterocycles. The van der Waals surface area contributed by atoms with Gasteiger partial charge in [0, 0.05) is 18.7 Å². The number of aliphatic imine (C=N–C) groups is 1. The molecule has 0 amide bonds. The van der Waals surface area contributed by atoms with Crippen molar-refractivity contribution in [2.45, 2.75) is 53.9 Å². The van der Waals surface area contributed by atoms with Gasteiger partial charge in [-0.25, -0.2) is 15.0 Å². The number of fused-ring (bicyclic) bond motifs is 1. The summed E-state index contributed by atoms with van der Waals surface area (Å²) in [6.45, 7) is 12.9. The maximum Gasteiger partial charge on any atom is 0.204 e. The Morgan fingerprint density at radius 2 is 1.71 bits per heavy atom. The van der Waals surface area contributed by atoms with E-state index in [2.05, 4.69) is 41.8 Å². The Bertz CT molecular complexity index is 1210. The zero-order valence-corrected chi connectivity index (χ0v) is 20.7. The topological polar surface area (TPSA) is 80.8 Å². The Kier molecular flexibility index (Phi) is 7.35. The molecule has 0 radical (unpaired) electrons. The summed E-state index contributed by atoms with van der Waals surface area (Å²) < 4.78 is 6.00. The quantitative estimate of drug-likeness (QED) is 0.422. The second-order valence-corrected chi connectivity index (χ2v) is 8.39. The third-order valence-corrected chi connectivity index (χ3v) is 5.52. The highest BCUT2D eigenvalue weighted by Gasteiger charge is 2.30. The van der Waals surface area contributed by atoms with E-state index >= 15 is 0 Å². The molecule has 34 heavy (non-hydrogen) atoms. The van der Waals surface area contributed by atoms with E-state index in [9.17, 15) is 0 Å². The number of rotatable bonds is 10. The van der Waals surface area contributed by atoms with E-state index in [0.717, 1.165) is 60.9 Å². The van der Waals surface area contributed by atoms with Crippen molar-refractivity contribution in [2.24, 2.45) is 10.1 Å². The number of aromatic nitrogens is 4. The highest BCUT2D eigenvalue weighted by atomic mass is 16.5. The normalized spacial score (nSPS) is 13.8. The zero-order chi connectivity index (χ0) is 24.1. The Hall–Kier alpha value is -3.55. The van der Waals surface area contributed by atoms with Gasteiger partial charge in [0.1, 0.15) is 23.0 Å². The van der Waals surface area contributed by atoms with Crippen LogP contribution in [-0.2, 0) is 0 Å². The molecule has 0 bridgehead atoms. The third kappa shape index (κ3) is 4.85. The molecule has 3 heterocycles. The second kappa shape index (κ2) is 10.6. The molecule has 0 saturated carbocycles. The number of hydrogen-bond acceptors (Lipinski definition) is 7. The summed E-state index contributed by atoms with van der Waals surface area (Å²) in [4.78, 5) is 18.4.